The van der Waals surface area contributed by atoms with Gasteiger partial charge >= 0.3 is 0 Å². The first-order valence-electron chi connectivity index (χ1n) is 15.2. The smallest absolute Gasteiger partial charge is 0.121 e. The number of anilines is 2. The van der Waals surface area contributed by atoms with Crippen LogP contribution >= 0.6 is 0 Å². The number of rotatable bonds is 11. The minimum atomic E-state index is 0.878. The summed E-state index contributed by atoms with van der Waals surface area (Å²) in [6.45, 7) is 3.14. The average molecular weight is 553 g/mol. The van der Waals surface area contributed by atoms with Gasteiger partial charge in [0.05, 0.1) is 6.54 Å². The van der Waals surface area contributed by atoms with Gasteiger partial charge in [-0.1, -0.05) is 148 Å². The van der Waals surface area contributed by atoms with E-state index >= 15 is 0 Å². The van der Waals surface area contributed by atoms with Crippen molar-refractivity contribution < 1.29 is 0 Å². The highest BCUT2D eigenvalue weighted by Crippen LogP contribution is 2.33. The Labute approximate surface area is 250 Å². The molecular weight excluding hydrogens is 512 g/mol. The van der Waals surface area contributed by atoms with E-state index in [9.17, 15) is 0 Å². The maximum atomic E-state index is 4.91. The molecule has 0 aliphatic rings. The first-order valence-corrected chi connectivity index (χ1v) is 15.2. The molecule has 0 spiro atoms. The van der Waals surface area contributed by atoms with E-state index in [-0.39, 0.29) is 0 Å². The Morgan fingerprint density at radius 3 is 1.33 bits per heavy atom. The zero-order valence-corrected chi connectivity index (χ0v) is 24.5. The number of hydrogen-bond donors (Lipinski definition) is 1. The fraction of sp³-hybridized carbons (Fsp3) is 0.211. The molecule has 6 rings (SSSR count). The lowest BCUT2D eigenvalue weighted by molar-refractivity contribution is 0.488. The number of para-hydroxylation sites is 2. The maximum Gasteiger partial charge on any atom is 0.121 e. The van der Waals surface area contributed by atoms with E-state index in [1.54, 1.807) is 0 Å². The Bertz CT molecular complexity index is 1500. The number of aryl methyl sites for hydroxylation is 1. The van der Waals surface area contributed by atoms with Gasteiger partial charge < -0.3 is 5.32 Å². The standard InChI is InChI=1S/C26H29N3.C12H11N/c1-2-3-4-5-6-13-20-29-27-25-23(21-14-9-7-10-15-21)18-19-24(26(25)28-29)22-16-11-8-12-17-22;1-3-7-11(8-4-1)13-12-9-5-2-6-10-12/h7-12,14-19H,2-6,13,20H2,1H3;1-10,13H. The van der Waals surface area contributed by atoms with Crippen LogP contribution in [0.25, 0.3) is 33.3 Å². The predicted molar refractivity (Wildman–Crippen MR) is 178 cm³/mol. The molecule has 42 heavy (non-hydrogen) atoms. The molecule has 1 N–H and O–H groups in total. The molecule has 4 nitrogen and oxygen atoms in total. The fourth-order valence-corrected chi connectivity index (χ4v) is 5.08. The fourth-order valence-electron chi connectivity index (χ4n) is 5.08. The monoisotopic (exact) mass is 552 g/mol. The highest BCUT2D eigenvalue weighted by Gasteiger charge is 2.15. The topological polar surface area (TPSA) is 42.7 Å². The van der Waals surface area contributed by atoms with Gasteiger partial charge in [0.1, 0.15) is 11.0 Å². The van der Waals surface area contributed by atoms with Gasteiger partial charge in [-0.05, 0) is 41.8 Å². The van der Waals surface area contributed by atoms with Crippen LogP contribution in [0, 0.1) is 0 Å². The lowest BCUT2D eigenvalue weighted by Gasteiger charge is -2.06. The van der Waals surface area contributed by atoms with E-state index in [1.165, 1.54) is 43.2 Å². The summed E-state index contributed by atoms with van der Waals surface area (Å²) in [6.07, 6.45) is 7.64. The summed E-state index contributed by atoms with van der Waals surface area (Å²) in [5, 5.41) is 13.1. The molecular formula is C38H40N4. The first kappa shape index (κ1) is 28.8. The molecule has 4 heteroatoms. The van der Waals surface area contributed by atoms with E-state index < -0.39 is 0 Å². The molecule has 0 unspecified atom stereocenters. The van der Waals surface area contributed by atoms with Crippen molar-refractivity contribution in [1.29, 1.82) is 0 Å². The van der Waals surface area contributed by atoms with Crippen molar-refractivity contribution in [2.24, 2.45) is 0 Å². The third-order valence-corrected chi connectivity index (χ3v) is 7.30. The Balaban J connectivity index is 0.000000226. The molecule has 0 radical (unpaired) electrons. The van der Waals surface area contributed by atoms with E-state index in [0.29, 0.717) is 0 Å². The lowest BCUT2D eigenvalue weighted by atomic mass is 9.98. The van der Waals surface area contributed by atoms with E-state index in [4.69, 9.17) is 10.2 Å². The summed E-state index contributed by atoms with van der Waals surface area (Å²) in [7, 11) is 0. The normalized spacial score (nSPS) is 10.7. The summed E-state index contributed by atoms with van der Waals surface area (Å²) in [4.78, 5) is 1.91. The average Bonchev–Trinajstić information content (AvgIpc) is 3.48. The van der Waals surface area contributed by atoms with Crippen molar-refractivity contribution in [2.75, 3.05) is 5.32 Å². The van der Waals surface area contributed by atoms with Crippen molar-refractivity contribution in [3.8, 4) is 22.3 Å². The van der Waals surface area contributed by atoms with Crippen LogP contribution in [0.2, 0.25) is 0 Å². The third-order valence-electron chi connectivity index (χ3n) is 7.30. The number of benzene rings is 5. The zero-order chi connectivity index (χ0) is 28.8. The summed E-state index contributed by atoms with van der Waals surface area (Å²) in [6, 6.07) is 45.6. The van der Waals surface area contributed by atoms with Gasteiger partial charge in [0.15, 0.2) is 0 Å². The van der Waals surface area contributed by atoms with Gasteiger partial charge in [-0.15, -0.1) is 0 Å². The largest absolute Gasteiger partial charge is 0.356 e. The quantitative estimate of drug-likeness (QED) is 0.163. The van der Waals surface area contributed by atoms with Gasteiger partial charge in [-0.3, -0.25) is 0 Å². The van der Waals surface area contributed by atoms with Gasteiger partial charge in [-0.2, -0.15) is 15.0 Å². The highest BCUT2D eigenvalue weighted by atomic mass is 15.5. The van der Waals surface area contributed by atoms with Crippen LogP contribution < -0.4 is 5.32 Å². The Morgan fingerprint density at radius 1 is 0.476 bits per heavy atom. The van der Waals surface area contributed by atoms with Gasteiger partial charge in [0.2, 0.25) is 0 Å². The van der Waals surface area contributed by atoms with E-state index in [2.05, 4.69) is 85.0 Å². The summed E-state index contributed by atoms with van der Waals surface area (Å²) < 4.78 is 0. The van der Waals surface area contributed by atoms with Crippen molar-refractivity contribution in [3.05, 3.63) is 133 Å². The molecule has 1 aromatic heterocycles. The SMILES string of the molecule is CCCCCCCCn1nc2c(-c3ccccc3)ccc(-c3ccccc3)c2n1.c1ccc(Nc2ccccc2)cc1. The third kappa shape index (κ3) is 7.94. The molecule has 212 valence electrons. The van der Waals surface area contributed by atoms with Crippen molar-refractivity contribution in [1.82, 2.24) is 15.0 Å². The van der Waals surface area contributed by atoms with Gasteiger partial charge in [-0.25, -0.2) is 0 Å². The number of nitrogens with one attached hydrogen (secondary N) is 1. The van der Waals surface area contributed by atoms with E-state index in [1.807, 2.05) is 65.5 Å². The Hall–Kier alpha value is -4.70. The summed E-state index contributed by atoms with van der Waals surface area (Å²) >= 11 is 0. The van der Waals surface area contributed by atoms with Gasteiger partial charge in [0, 0.05) is 22.5 Å². The molecule has 0 saturated carbocycles. The Morgan fingerprint density at radius 2 is 0.881 bits per heavy atom. The van der Waals surface area contributed by atoms with Crippen LogP contribution in [-0.2, 0) is 6.54 Å². The summed E-state index contributed by atoms with van der Waals surface area (Å²) in [5.74, 6) is 0. The second kappa shape index (κ2) is 15.3. The molecule has 0 atom stereocenters. The van der Waals surface area contributed by atoms with Crippen LogP contribution in [0.4, 0.5) is 11.4 Å². The molecule has 0 aliphatic carbocycles. The number of hydrogen-bond acceptors (Lipinski definition) is 3. The molecule has 0 amide bonds. The van der Waals surface area contributed by atoms with Crippen molar-refractivity contribution in [2.45, 2.75) is 52.0 Å². The molecule has 5 aromatic carbocycles. The Kier molecular flexibility index (Phi) is 10.5. The molecule has 6 aromatic rings. The molecule has 1 heterocycles. The van der Waals surface area contributed by atoms with Crippen LogP contribution in [0.5, 0.6) is 0 Å². The lowest BCUT2D eigenvalue weighted by Crippen LogP contribution is -2.02. The first-order chi connectivity index (χ1) is 20.8. The number of fused-ring (bicyclic) bond motifs is 1. The summed E-state index contributed by atoms with van der Waals surface area (Å²) in [5.41, 5.74) is 8.88. The molecule has 0 aliphatic heterocycles. The second-order valence-corrected chi connectivity index (χ2v) is 10.5. The zero-order valence-electron chi connectivity index (χ0n) is 24.5. The van der Waals surface area contributed by atoms with Crippen LogP contribution in [0.3, 0.4) is 0 Å². The number of aromatic nitrogens is 3. The van der Waals surface area contributed by atoms with E-state index in [0.717, 1.165) is 46.5 Å². The highest BCUT2D eigenvalue weighted by molar-refractivity contribution is 6.00. The molecule has 0 bridgehead atoms. The minimum absolute atomic E-state index is 0.878. The van der Waals surface area contributed by atoms with Crippen LogP contribution in [0.15, 0.2) is 133 Å². The van der Waals surface area contributed by atoms with Crippen LogP contribution in [0.1, 0.15) is 45.4 Å². The molecule has 0 saturated heterocycles. The number of nitrogens with zero attached hydrogens (tertiary/aromatic N) is 3. The minimum Gasteiger partial charge on any atom is -0.356 e. The van der Waals surface area contributed by atoms with Crippen molar-refractivity contribution in [3.63, 3.8) is 0 Å². The van der Waals surface area contributed by atoms with Crippen molar-refractivity contribution >= 4 is 22.4 Å². The maximum absolute atomic E-state index is 4.91. The number of unbranched alkanes of at least 4 members (excludes halogenated alkanes) is 5. The molecule has 0 fully saturated rings. The van der Waals surface area contributed by atoms with Gasteiger partial charge in [0.25, 0.3) is 0 Å². The second-order valence-electron chi connectivity index (χ2n) is 10.5. The predicted octanol–water partition coefficient (Wildman–Crippen LogP) is 10.6. The van der Waals surface area contributed by atoms with Crippen LogP contribution in [-0.4, -0.2) is 15.0 Å².